The van der Waals surface area contributed by atoms with Gasteiger partial charge in [0.15, 0.2) is 0 Å². The van der Waals surface area contributed by atoms with E-state index in [9.17, 15) is 4.79 Å². The Bertz CT molecular complexity index is 218. The second-order valence-corrected chi connectivity index (χ2v) is 4.95. The van der Waals surface area contributed by atoms with Crippen molar-refractivity contribution in [2.24, 2.45) is 11.8 Å². The topological polar surface area (TPSA) is 38.3 Å². The summed E-state index contributed by atoms with van der Waals surface area (Å²) in [5.74, 6) is 0.456. The molecule has 0 aliphatic heterocycles. The molecule has 3 unspecified atom stereocenters. The maximum absolute atomic E-state index is 11.8. The van der Waals surface area contributed by atoms with E-state index < -0.39 is 0 Å². The van der Waals surface area contributed by atoms with Gasteiger partial charge in [-0.3, -0.25) is 4.79 Å². The van der Waals surface area contributed by atoms with Crippen molar-refractivity contribution in [1.29, 1.82) is 0 Å². The van der Waals surface area contributed by atoms with E-state index in [1.807, 2.05) is 13.8 Å². The minimum atomic E-state index is -0.0419. The van der Waals surface area contributed by atoms with Gasteiger partial charge in [0.2, 0.25) is 0 Å². The summed E-state index contributed by atoms with van der Waals surface area (Å²) in [6.45, 7) is 7.78. The maximum Gasteiger partial charge on any atom is 0.310 e. The van der Waals surface area contributed by atoms with E-state index in [-0.39, 0.29) is 18.0 Å². The van der Waals surface area contributed by atoms with Crippen LogP contribution in [0.1, 0.15) is 46.5 Å². The van der Waals surface area contributed by atoms with Crippen LogP contribution in [0.2, 0.25) is 0 Å². The molecule has 16 heavy (non-hydrogen) atoms. The first-order valence-corrected chi connectivity index (χ1v) is 6.56. The first-order valence-electron chi connectivity index (χ1n) is 6.56. The highest BCUT2D eigenvalue weighted by Crippen LogP contribution is 2.26. The summed E-state index contributed by atoms with van der Waals surface area (Å²) in [6, 6.07) is 0. The van der Waals surface area contributed by atoms with Gasteiger partial charge in [0.25, 0.3) is 0 Å². The van der Waals surface area contributed by atoms with Gasteiger partial charge in [-0.1, -0.05) is 27.2 Å². The van der Waals surface area contributed by atoms with Gasteiger partial charge in [0.1, 0.15) is 6.10 Å². The van der Waals surface area contributed by atoms with Gasteiger partial charge in [-0.25, -0.2) is 0 Å². The van der Waals surface area contributed by atoms with Gasteiger partial charge >= 0.3 is 5.97 Å². The van der Waals surface area contributed by atoms with Gasteiger partial charge < -0.3 is 10.1 Å². The highest BCUT2D eigenvalue weighted by atomic mass is 16.5. The van der Waals surface area contributed by atoms with E-state index in [1.54, 1.807) is 0 Å². The molecule has 1 N–H and O–H groups in total. The molecule has 94 valence electrons. The van der Waals surface area contributed by atoms with Crippen molar-refractivity contribution in [3.63, 3.8) is 0 Å². The molecule has 0 saturated heterocycles. The van der Waals surface area contributed by atoms with Crippen LogP contribution in [0.5, 0.6) is 0 Å². The first kappa shape index (κ1) is 13.5. The zero-order valence-electron chi connectivity index (χ0n) is 10.8. The summed E-state index contributed by atoms with van der Waals surface area (Å²) in [5, 5.41) is 3.18. The van der Waals surface area contributed by atoms with Crippen molar-refractivity contribution < 1.29 is 9.53 Å². The smallest absolute Gasteiger partial charge is 0.310 e. The van der Waals surface area contributed by atoms with E-state index >= 15 is 0 Å². The standard InChI is InChI=1S/C13H25NO2/c1-4-14-9-11(3)13(15)16-12-8-6-5-7-10(12)2/h10-12,14H,4-9H2,1-3H3. The van der Waals surface area contributed by atoms with Crippen LogP contribution >= 0.6 is 0 Å². The lowest BCUT2D eigenvalue weighted by atomic mass is 9.88. The summed E-state index contributed by atoms with van der Waals surface area (Å²) < 4.78 is 5.58. The predicted octanol–water partition coefficient (Wildman–Crippen LogP) is 2.35. The molecule has 0 heterocycles. The predicted molar refractivity (Wildman–Crippen MR) is 65.2 cm³/mol. The molecule has 0 amide bonds. The Morgan fingerprint density at radius 2 is 2.12 bits per heavy atom. The molecule has 3 atom stereocenters. The lowest BCUT2D eigenvalue weighted by Gasteiger charge is -2.29. The van der Waals surface area contributed by atoms with Gasteiger partial charge in [-0.05, 0) is 31.7 Å². The normalized spacial score (nSPS) is 27.4. The third-order valence-corrected chi connectivity index (χ3v) is 3.40. The quantitative estimate of drug-likeness (QED) is 0.733. The maximum atomic E-state index is 11.8. The molecule has 0 aromatic heterocycles. The van der Waals surface area contributed by atoms with Gasteiger partial charge in [0, 0.05) is 6.54 Å². The fraction of sp³-hybridized carbons (Fsp3) is 0.923. The largest absolute Gasteiger partial charge is 0.462 e. The second kappa shape index (κ2) is 6.89. The molecule has 0 radical (unpaired) electrons. The Hall–Kier alpha value is -0.570. The minimum Gasteiger partial charge on any atom is -0.462 e. The molecule has 1 aliphatic rings. The molecular formula is C13H25NO2. The number of nitrogens with one attached hydrogen (secondary N) is 1. The van der Waals surface area contributed by atoms with Crippen molar-refractivity contribution in [2.45, 2.75) is 52.6 Å². The lowest BCUT2D eigenvalue weighted by molar-refractivity contribution is -0.157. The fourth-order valence-electron chi connectivity index (χ4n) is 2.17. The Labute approximate surface area is 98.9 Å². The van der Waals surface area contributed by atoms with Crippen molar-refractivity contribution in [2.75, 3.05) is 13.1 Å². The number of rotatable bonds is 5. The minimum absolute atomic E-state index is 0.0333. The number of hydrogen-bond acceptors (Lipinski definition) is 3. The molecule has 0 bridgehead atoms. The summed E-state index contributed by atoms with van der Waals surface area (Å²) in [6.07, 6.45) is 4.87. The zero-order valence-corrected chi connectivity index (χ0v) is 10.8. The van der Waals surface area contributed by atoms with E-state index in [0.29, 0.717) is 5.92 Å². The highest BCUT2D eigenvalue weighted by Gasteiger charge is 2.26. The number of carbonyl (C=O) groups excluding carboxylic acids is 1. The molecule has 1 fully saturated rings. The average molecular weight is 227 g/mol. The van der Waals surface area contributed by atoms with E-state index in [4.69, 9.17) is 4.74 Å². The summed E-state index contributed by atoms with van der Waals surface area (Å²) in [7, 11) is 0. The number of ether oxygens (including phenoxy) is 1. The first-order chi connectivity index (χ1) is 7.65. The molecule has 3 heteroatoms. The molecular weight excluding hydrogens is 202 g/mol. The van der Waals surface area contributed by atoms with Crippen LogP contribution in [0.15, 0.2) is 0 Å². The third kappa shape index (κ3) is 4.12. The lowest BCUT2D eigenvalue weighted by Crippen LogP contribution is -2.34. The van der Waals surface area contributed by atoms with E-state index in [2.05, 4.69) is 12.2 Å². The SMILES string of the molecule is CCNCC(C)C(=O)OC1CCCCC1C. The van der Waals surface area contributed by atoms with Gasteiger partial charge in [-0.15, -0.1) is 0 Å². The fourth-order valence-corrected chi connectivity index (χ4v) is 2.17. The van der Waals surface area contributed by atoms with Gasteiger partial charge in [0.05, 0.1) is 5.92 Å². The van der Waals surface area contributed by atoms with Crippen LogP contribution in [0.3, 0.4) is 0 Å². The molecule has 0 spiro atoms. The van der Waals surface area contributed by atoms with E-state index in [0.717, 1.165) is 19.5 Å². The second-order valence-electron chi connectivity index (χ2n) is 4.95. The Morgan fingerprint density at radius 3 is 2.75 bits per heavy atom. The van der Waals surface area contributed by atoms with Crippen LogP contribution in [0.4, 0.5) is 0 Å². The van der Waals surface area contributed by atoms with Crippen molar-refractivity contribution >= 4 is 5.97 Å². The Morgan fingerprint density at radius 1 is 1.44 bits per heavy atom. The molecule has 3 nitrogen and oxygen atoms in total. The summed E-state index contributed by atoms with van der Waals surface area (Å²) >= 11 is 0. The molecule has 1 saturated carbocycles. The summed E-state index contributed by atoms with van der Waals surface area (Å²) in [5.41, 5.74) is 0. The number of carbonyl (C=O) groups is 1. The Balaban J connectivity index is 2.31. The van der Waals surface area contributed by atoms with E-state index in [1.165, 1.54) is 19.3 Å². The number of hydrogen-bond donors (Lipinski definition) is 1. The summed E-state index contributed by atoms with van der Waals surface area (Å²) in [4.78, 5) is 11.8. The van der Waals surface area contributed by atoms with Gasteiger partial charge in [-0.2, -0.15) is 0 Å². The van der Waals surface area contributed by atoms with Crippen LogP contribution in [0.25, 0.3) is 0 Å². The third-order valence-electron chi connectivity index (χ3n) is 3.40. The molecule has 0 aromatic rings. The van der Waals surface area contributed by atoms with Crippen LogP contribution in [-0.2, 0) is 9.53 Å². The number of esters is 1. The molecule has 0 aromatic carbocycles. The highest BCUT2D eigenvalue weighted by molar-refractivity contribution is 5.72. The van der Waals surface area contributed by atoms with Crippen molar-refractivity contribution in [3.05, 3.63) is 0 Å². The van der Waals surface area contributed by atoms with Crippen molar-refractivity contribution in [1.82, 2.24) is 5.32 Å². The van der Waals surface area contributed by atoms with Crippen LogP contribution in [-0.4, -0.2) is 25.2 Å². The molecule has 1 rings (SSSR count). The van der Waals surface area contributed by atoms with Crippen LogP contribution in [0, 0.1) is 11.8 Å². The monoisotopic (exact) mass is 227 g/mol. The van der Waals surface area contributed by atoms with Crippen LogP contribution < -0.4 is 5.32 Å². The average Bonchev–Trinajstić information content (AvgIpc) is 2.28. The zero-order chi connectivity index (χ0) is 12.0. The van der Waals surface area contributed by atoms with Crippen molar-refractivity contribution in [3.8, 4) is 0 Å². The molecule has 1 aliphatic carbocycles. The Kier molecular flexibility index (Phi) is 5.81.